The lowest BCUT2D eigenvalue weighted by Gasteiger charge is -2.12. The zero-order chi connectivity index (χ0) is 20.3. The van der Waals surface area contributed by atoms with Crippen LogP contribution in [0.3, 0.4) is 0 Å². The van der Waals surface area contributed by atoms with Crippen LogP contribution in [0, 0.1) is 3.57 Å². The van der Waals surface area contributed by atoms with Gasteiger partial charge in [-0.15, -0.1) is 0 Å². The first kappa shape index (κ1) is 20.3. The van der Waals surface area contributed by atoms with E-state index in [2.05, 4.69) is 4.99 Å². The molecule has 2 aromatic rings. The summed E-state index contributed by atoms with van der Waals surface area (Å²) in [6, 6.07) is 10.4. The van der Waals surface area contributed by atoms with Gasteiger partial charge in [-0.05, 0) is 65.4 Å². The van der Waals surface area contributed by atoms with Gasteiger partial charge >= 0.3 is 11.9 Å². The first-order chi connectivity index (χ1) is 13.4. The predicted molar refractivity (Wildman–Crippen MR) is 114 cm³/mol. The standard InChI is InChI=1S/C20H15ClINO5/c1-3-26-17-10-12(8-15(22)18(17)27-11(2)24)9-16-20(25)28-19(23-16)13-6-4-5-7-14(13)21/h4-10H,3H2,1-2H3/b16-9-. The molecule has 0 saturated carbocycles. The third-order valence-corrected chi connectivity index (χ3v) is 4.74. The zero-order valence-electron chi connectivity index (χ0n) is 15.0. The van der Waals surface area contributed by atoms with Gasteiger partial charge in [0.25, 0.3) is 0 Å². The van der Waals surface area contributed by atoms with Crippen molar-refractivity contribution < 1.29 is 23.8 Å². The summed E-state index contributed by atoms with van der Waals surface area (Å²) in [6.07, 6.45) is 1.58. The van der Waals surface area contributed by atoms with Crippen molar-refractivity contribution in [3.8, 4) is 11.5 Å². The number of cyclic esters (lactones) is 1. The van der Waals surface area contributed by atoms with E-state index in [-0.39, 0.29) is 11.6 Å². The molecule has 0 N–H and O–H groups in total. The van der Waals surface area contributed by atoms with Crippen molar-refractivity contribution in [2.45, 2.75) is 13.8 Å². The molecule has 144 valence electrons. The second-order valence-corrected chi connectivity index (χ2v) is 7.24. The summed E-state index contributed by atoms with van der Waals surface area (Å²) in [5.74, 6) is -0.132. The molecule has 0 spiro atoms. The summed E-state index contributed by atoms with van der Waals surface area (Å²) in [6.45, 7) is 3.53. The Hall–Kier alpha value is -2.39. The minimum atomic E-state index is -0.577. The Kier molecular flexibility index (Phi) is 6.35. The highest BCUT2D eigenvalue weighted by Gasteiger charge is 2.26. The molecule has 28 heavy (non-hydrogen) atoms. The van der Waals surface area contributed by atoms with Gasteiger partial charge in [-0.2, -0.15) is 0 Å². The molecule has 6 nitrogen and oxygen atoms in total. The molecule has 0 unspecified atom stereocenters. The molecular weight excluding hydrogens is 497 g/mol. The molecule has 2 aromatic carbocycles. The highest BCUT2D eigenvalue weighted by Crippen LogP contribution is 2.35. The maximum Gasteiger partial charge on any atom is 0.363 e. The Morgan fingerprint density at radius 3 is 2.75 bits per heavy atom. The Morgan fingerprint density at radius 2 is 2.07 bits per heavy atom. The maximum absolute atomic E-state index is 12.2. The highest BCUT2D eigenvalue weighted by molar-refractivity contribution is 14.1. The van der Waals surface area contributed by atoms with Gasteiger partial charge in [-0.25, -0.2) is 9.79 Å². The molecule has 1 aliphatic heterocycles. The van der Waals surface area contributed by atoms with E-state index in [0.717, 1.165) is 0 Å². The minimum Gasteiger partial charge on any atom is -0.490 e. The van der Waals surface area contributed by atoms with E-state index in [9.17, 15) is 9.59 Å². The van der Waals surface area contributed by atoms with Crippen molar-refractivity contribution in [1.29, 1.82) is 0 Å². The van der Waals surface area contributed by atoms with Crippen LogP contribution in [0.5, 0.6) is 11.5 Å². The van der Waals surface area contributed by atoms with Crippen molar-refractivity contribution in [2.24, 2.45) is 4.99 Å². The first-order valence-corrected chi connectivity index (χ1v) is 9.77. The Bertz CT molecular complexity index is 1020. The molecule has 8 heteroatoms. The van der Waals surface area contributed by atoms with Crippen molar-refractivity contribution in [2.75, 3.05) is 6.61 Å². The quantitative estimate of drug-likeness (QED) is 0.254. The SMILES string of the molecule is CCOc1cc(/C=C2\N=C(c3ccccc3Cl)OC2=O)cc(I)c1OC(C)=O. The van der Waals surface area contributed by atoms with Crippen LogP contribution < -0.4 is 9.47 Å². The monoisotopic (exact) mass is 511 g/mol. The molecule has 0 radical (unpaired) electrons. The Balaban J connectivity index is 1.99. The van der Waals surface area contributed by atoms with E-state index in [1.165, 1.54) is 6.92 Å². The number of hydrogen-bond acceptors (Lipinski definition) is 6. The fourth-order valence-electron chi connectivity index (χ4n) is 2.49. The topological polar surface area (TPSA) is 74.2 Å². The van der Waals surface area contributed by atoms with E-state index in [1.54, 1.807) is 42.5 Å². The van der Waals surface area contributed by atoms with E-state index >= 15 is 0 Å². The van der Waals surface area contributed by atoms with Crippen molar-refractivity contribution >= 4 is 58.1 Å². The number of benzene rings is 2. The lowest BCUT2D eigenvalue weighted by molar-refractivity contribution is -0.132. The highest BCUT2D eigenvalue weighted by atomic mass is 127. The van der Waals surface area contributed by atoms with Gasteiger partial charge in [0.2, 0.25) is 5.90 Å². The van der Waals surface area contributed by atoms with Crippen LogP contribution in [0.1, 0.15) is 25.0 Å². The molecule has 0 fully saturated rings. The Labute approximate surface area is 180 Å². The van der Waals surface area contributed by atoms with E-state index in [4.69, 9.17) is 25.8 Å². The number of esters is 2. The molecule has 3 rings (SSSR count). The lowest BCUT2D eigenvalue weighted by Crippen LogP contribution is -2.06. The molecular formula is C20H15ClINO5. The summed E-state index contributed by atoms with van der Waals surface area (Å²) in [7, 11) is 0. The number of rotatable bonds is 5. The number of hydrogen-bond donors (Lipinski definition) is 0. The number of nitrogens with zero attached hydrogens (tertiary/aromatic N) is 1. The summed E-state index contributed by atoms with van der Waals surface area (Å²) >= 11 is 8.18. The van der Waals surface area contributed by atoms with Crippen LogP contribution in [0.4, 0.5) is 0 Å². The van der Waals surface area contributed by atoms with E-state index in [1.807, 2.05) is 29.5 Å². The number of carbonyl (C=O) groups is 2. The first-order valence-electron chi connectivity index (χ1n) is 8.31. The van der Waals surface area contributed by atoms with Gasteiger partial charge in [0.05, 0.1) is 20.8 Å². The van der Waals surface area contributed by atoms with Gasteiger partial charge in [-0.3, -0.25) is 4.79 Å². The molecule has 1 heterocycles. The van der Waals surface area contributed by atoms with Crippen LogP contribution in [-0.4, -0.2) is 24.4 Å². The smallest absolute Gasteiger partial charge is 0.363 e. The van der Waals surface area contributed by atoms with Gasteiger partial charge in [0.15, 0.2) is 17.2 Å². The van der Waals surface area contributed by atoms with Gasteiger partial charge < -0.3 is 14.2 Å². The predicted octanol–water partition coefficient (Wildman–Crippen LogP) is 4.61. The van der Waals surface area contributed by atoms with E-state index < -0.39 is 11.9 Å². The largest absolute Gasteiger partial charge is 0.490 e. The van der Waals surface area contributed by atoms with Gasteiger partial charge in [-0.1, -0.05) is 23.7 Å². The number of halogens is 2. The fourth-order valence-corrected chi connectivity index (χ4v) is 3.45. The average Bonchev–Trinajstić information content (AvgIpc) is 2.99. The second kappa shape index (κ2) is 8.74. The zero-order valence-corrected chi connectivity index (χ0v) is 17.9. The van der Waals surface area contributed by atoms with E-state index in [0.29, 0.717) is 37.8 Å². The van der Waals surface area contributed by atoms with Crippen LogP contribution >= 0.6 is 34.2 Å². The number of carbonyl (C=O) groups excluding carboxylic acids is 2. The van der Waals surface area contributed by atoms with Gasteiger partial charge in [0, 0.05) is 6.92 Å². The Morgan fingerprint density at radius 1 is 1.32 bits per heavy atom. The summed E-state index contributed by atoms with van der Waals surface area (Å²) in [4.78, 5) is 27.8. The third-order valence-electron chi connectivity index (χ3n) is 3.61. The second-order valence-electron chi connectivity index (χ2n) is 5.67. The average molecular weight is 512 g/mol. The van der Waals surface area contributed by atoms with Crippen LogP contribution in [0.25, 0.3) is 6.08 Å². The minimum absolute atomic E-state index is 0.133. The van der Waals surface area contributed by atoms with Gasteiger partial charge in [0.1, 0.15) is 0 Å². The molecule has 0 aromatic heterocycles. The lowest BCUT2D eigenvalue weighted by atomic mass is 10.1. The third kappa shape index (κ3) is 4.53. The number of ether oxygens (including phenoxy) is 3. The van der Waals surface area contributed by atoms with Crippen LogP contribution in [0.15, 0.2) is 47.1 Å². The molecule has 0 bridgehead atoms. The molecule has 0 saturated heterocycles. The molecule has 0 aliphatic carbocycles. The maximum atomic E-state index is 12.2. The van der Waals surface area contributed by atoms with Crippen molar-refractivity contribution in [3.63, 3.8) is 0 Å². The molecule has 0 atom stereocenters. The van der Waals surface area contributed by atoms with Crippen molar-refractivity contribution in [3.05, 3.63) is 61.8 Å². The molecule has 0 amide bonds. The number of aliphatic imine (C=N–C) groups is 1. The van der Waals surface area contributed by atoms with Crippen LogP contribution in [-0.2, 0) is 14.3 Å². The summed E-state index contributed by atoms with van der Waals surface area (Å²) in [5, 5.41) is 0.439. The normalized spacial score (nSPS) is 14.6. The summed E-state index contributed by atoms with van der Waals surface area (Å²) < 4.78 is 16.7. The fraction of sp³-hybridized carbons (Fsp3) is 0.150. The summed E-state index contributed by atoms with van der Waals surface area (Å²) in [5.41, 5.74) is 1.32. The van der Waals surface area contributed by atoms with Crippen LogP contribution in [0.2, 0.25) is 5.02 Å². The molecule has 1 aliphatic rings. The van der Waals surface area contributed by atoms with Crippen molar-refractivity contribution in [1.82, 2.24) is 0 Å².